The molecule has 29 heavy (non-hydrogen) atoms. The Bertz CT molecular complexity index is 1110. The van der Waals surface area contributed by atoms with E-state index in [-0.39, 0.29) is 23.7 Å². The van der Waals surface area contributed by atoms with E-state index >= 15 is 0 Å². The summed E-state index contributed by atoms with van der Waals surface area (Å²) < 4.78 is 7.98. The quantitative estimate of drug-likeness (QED) is 0.535. The topological polar surface area (TPSA) is 120 Å². The van der Waals surface area contributed by atoms with E-state index in [4.69, 9.17) is 4.74 Å². The van der Waals surface area contributed by atoms with Crippen LogP contribution in [0.5, 0.6) is 6.01 Å². The van der Waals surface area contributed by atoms with Crippen molar-refractivity contribution in [1.29, 1.82) is 0 Å². The van der Waals surface area contributed by atoms with E-state index in [1.807, 2.05) is 6.07 Å². The molecule has 0 unspecified atom stereocenters. The molecule has 1 N–H and O–H groups in total. The van der Waals surface area contributed by atoms with Crippen LogP contribution in [0, 0.1) is 0 Å². The van der Waals surface area contributed by atoms with Gasteiger partial charge in [0.1, 0.15) is 6.61 Å². The van der Waals surface area contributed by atoms with Gasteiger partial charge in [0.2, 0.25) is 0 Å². The van der Waals surface area contributed by atoms with Gasteiger partial charge in [-0.25, -0.2) is 4.79 Å². The molecule has 3 aromatic rings. The Balaban J connectivity index is 1.60. The first-order chi connectivity index (χ1) is 14.1. The van der Waals surface area contributed by atoms with Gasteiger partial charge in [0.25, 0.3) is 5.56 Å². The second-order valence-electron chi connectivity index (χ2n) is 6.80. The summed E-state index contributed by atoms with van der Waals surface area (Å²) in [5.41, 5.74) is -0.0589. The van der Waals surface area contributed by atoms with E-state index in [1.165, 1.54) is 11.6 Å². The van der Waals surface area contributed by atoms with Crippen LogP contribution in [-0.4, -0.2) is 73.5 Å². The predicted octanol–water partition coefficient (Wildman–Crippen LogP) is -1.39. The third-order valence-corrected chi connectivity index (χ3v) is 4.84. The fraction of sp³-hybridized carbons (Fsp3) is 0.444. The van der Waals surface area contributed by atoms with Crippen molar-refractivity contribution in [2.24, 2.45) is 7.05 Å². The maximum atomic E-state index is 12.6. The van der Waals surface area contributed by atoms with Gasteiger partial charge in [-0.2, -0.15) is 4.98 Å². The molecule has 152 valence electrons. The second kappa shape index (κ2) is 8.45. The summed E-state index contributed by atoms with van der Waals surface area (Å²) in [5.74, 6) is 0. The number of hydrogen-bond acceptors (Lipinski definition) is 9. The Hall–Kier alpha value is -3.18. The Kier molecular flexibility index (Phi) is 5.58. The van der Waals surface area contributed by atoms with Gasteiger partial charge in [-0.3, -0.25) is 23.8 Å². The molecule has 4 rings (SSSR count). The first kappa shape index (κ1) is 19.2. The Labute approximate surface area is 166 Å². The first-order valence-electron chi connectivity index (χ1n) is 9.42. The zero-order valence-electron chi connectivity index (χ0n) is 16.1. The van der Waals surface area contributed by atoms with Gasteiger partial charge >= 0.3 is 11.7 Å². The minimum atomic E-state index is -0.533. The zero-order valence-corrected chi connectivity index (χ0v) is 16.1. The summed E-state index contributed by atoms with van der Waals surface area (Å²) in [5, 5.41) is 11.3. The number of ether oxygens (including phenoxy) is 1. The first-order valence-corrected chi connectivity index (χ1v) is 9.42. The number of hydrogen-bond donors (Lipinski definition) is 1. The van der Waals surface area contributed by atoms with Gasteiger partial charge in [0.15, 0.2) is 11.2 Å². The van der Waals surface area contributed by atoms with Crippen LogP contribution in [-0.2, 0) is 13.6 Å². The maximum Gasteiger partial charge on any atom is 0.336 e. The predicted molar refractivity (Wildman–Crippen MR) is 105 cm³/mol. The highest BCUT2D eigenvalue weighted by atomic mass is 16.5. The van der Waals surface area contributed by atoms with E-state index in [9.17, 15) is 9.59 Å². The summed E-state index contributed by atoms with van der Waals surface area (Å²) in [4.78, 5) is 35.7. The Morgan fingerprint density at radius 1 is 1.21 bits per heavy atom. The smallest absolute Gasteiger partial charge is 0.336 e. The number of nitrogens with zero attached hydrogens (tertiary/aromatic N) is 7. The lowest BCUT2D eigenvalue weighted by Gasteiger charge is -2.26. The molecule has 1 aliphatic heterocycles. The van der Waals surface area contributed by atoms with Crippen LogP contribution >= 0.6 is 0 Å². The van der Waals surface area contributed by atoms with Crippen LogP contribution in [0.4, 0.5) is 0 Å². The standard InChI is InChI=1S/C18H22N8O3/c1-24-16(27)14-15(26(18(24)28)12-13-3-2-4-20-11-13)22-23-17(21-14)29-10-9-25-7-5-19-6-8-25/h2-4,11,19H,5-10,12H2,1H3. The average molecular weight is 398 g/mol. The van der Waals surface area contributed by atoms with Crippen molar-refractivity contribution in [3.63, 3.8) is 0 Å². The number of pyridine rings is 1. The van der Waals surface area contributed by atoms with Crippen LogP contribution in [0.2, 0.25) is 0 Å². The van der Waals surface area contributed by atoms with Gasteiger partial charge in [0.05, 0.1) is 6.54 Å². The van der Waals surface area contributed by atoms with Crippen LogP contribution in [0.1, 0.15) is 5.56 Å². The lowest BCUT2D eigenvalue weighted by Crippen LogP contribution is -2.44. The summed E-state index contributed by atoms with van der Waals surface area (Å²) in [6.07, 6.45) is 3.30. The Morgan fingerprint density at radius 3 is 2.79 bits per heavy atom. The molecule has 3 aromatic heterocycles. The fourth-order valence-corrected chi connectivity index (χ4v) is 3.23. The number of nitrogens with one attached hydrogen (secondary N) is 1. The molecular weight excluding hydrogens is 376 g/mol. The number of fused-ring (bicyclic) bond motifs is 1. The van der Waals surface area contributed by atoms with Crippen molar-refractivity contribution in [2.45, 2.75) is 6.54 Å². The van der Waals surface area contributed by atoms with Gasteiger partial charge in [-0.05, 0) is 11.6 Å². The number of aromatic nitrogens is 6. The molecule has 1 aliphatic rings. The van der Waals surface area contributed by atoms with Crippen molar-refractivity contribution >= 4 is 11.2 Å². The third-order valence-electron chi connectivity index (χ3n) is 4.84. The molecule has 0 saturated carbocycles. The minimum Gasteiger partial charge on any atom is -0.461 e. The minimum absolute atomic E-state index is 0.0244. The molecule has 0 aliphatic carbocycles. The molecule has 0 bridgehead atoms. The number of piperazine rings is 1. The van der Waals surface area contributed by atoms with Crippen molar-refractivity contribution < 1.29 is 4.74 Å². The molecule has 1 saturated heterocycles. The van der Waals surface area contributed by atoms with Gasteiger partial charge in [0, 0.05) is 52.2 Å². The highest BCUT2D eigenvalue weighted by Crippen LogP contribution is 2.08. The van der Waals surface area contributed by atoms with E-state index < -0.39 is 11.2 Å². The monoisotopic (exact) mass is 398 g/mol. The van der Waals surface area contributed by atoms with Gasteiger partial charge < -0.3 is 10.1 Å². The number of rotatable bonds is 6. The molecule has 0 amide bonds. The Morgan fingerprint density at radius 2 is 2.03 bits per heavy atom. The van der Waals surface area contributed by atoms with E-state index in [2.05, 4.69) is 30.4 Å². The van der Waals surface area contributed by atoms with E-state index in [0.717, 1.165) is 42.9 Å². The van der Waals surface area contributed by atoms with Crippen molar-refractivity contribution in [1.82, 2.24) is 39.5 Å². The summed E-state index contributed by atoms with van der Waals surface area (Å²) in [7, 11) is 1.41. The maximum absolute atomic E-state index is 12.6. The van der Waals surface area contributed by atoms with Crippen molar-refractivity contribution in [2.75, 3.05) is 39.3 Å². The molecule has 11 heteroatoms. The van der Waals surface area contributed by atoms with Crippen LogP contribution < -0.4 is 21.3 Å². The summed E-state index contributed by atoms with van der Waals surface area (Å²) in [6.45, 7) is 5.17. The van der Waals surface area contributed by atoms with E-state index in [0.29, 0.717) is 6.61 Å². The molecule has 0 radical (unpaired) electrons. The molecule has 1 fully saturated rings. The normalized spacial score (nSPS) is 14.9. The molecule has 0 aromatic carbocycles. The van der Waals surface area contributed by atoms with E-state index in [1.54, 1.807) is 18.5 Å². The second-order valence-corrected chi connectivity index (χ2v) is 6.80. The highest BCUT2D eigenvalue weighted by Gasteiger charge is 2.16. The van der Waals surface area contributed by atoms with Crippen LogP contribution in [0.15, 0.2) is 34.1 Å². The lowest BCUT2D eigenvalue weighted by molar-refractivity contribution is 0.184. The SMILES string of the molecule is Cn1c(=O)c2nc(OCCN3CCNCC3)nnc2n(Cc2cccnc2)c1=O. The molecule has 0 atom stereocenters. The fourth-order valence-electron chi connectivity index (χ4n) is 3.23. The summed E-state index contributed by atoms with van der Waals surface area (Å²) >= 11 is 0. The average Bonchev–Trinajstić information content (AvgIpc) is 2.77. The zero-order chi connectivity index (χ0) is 20.2. The highest BCUT2D eigenvalue weighted by molar-refractivity contribution is 5.68. The summed E-state index contributed by atoms with van der Waals surface area (Å²) in [6, 6.07) is 3.64. The van der Waals surface area contributed by atoms with Gasteiger partial charge in [-0.15, -0.1) is 5.10 Å². The third kappa shape index (κ3) is 4.15. The van der Waals surface area contributed by atoms with Crippen LogP contribution in [0.3, 0.4) is 0 Å². The molecule has 4 heterocycles. The van der Waals surface area contributed by atoms with Crippen molar-refractivity contribution in [3.05, 3.63) is 50.9 Å². The van der Waals surface area contributed by atoms with Crippen LogP contribution in [0.25, 0.3) is 11.2 Å². The molecule has 11 nitrogen and oxygen atoms in total. The lowest BCUT2D eigenvalue weighted by atomic mass is 10.3. The van der Waals surface area contributed by atoms with Gasteiger partial charge in [-0.1, -0.05) is 11.2 Å². The van der Waals surface area contributed by atoms with Crippen molar-refractivity contribution in [3.8, 4) is 6.01 Å². The molecular formula is C18H22N8O3. The largest absolute Gasteiger partial charge is 0.461 e. The molecule has 0 spiro atoms.